The second kappa shape index (κ2) is 4.21. The zero-order valence-electron chi connectivity index (χ0n) is 8.96. The summed E-state index contributed by atoms with van der Waals surface area (Å²) in [6.45, 7) is 1.72. The maximum atomic E-state index is 12.8. The highest BCUT2D eigenvalue weighted by Crippen LogP contribution is 2.21. The first kappa shape index (κ1) is 11.7. The molecular formula is C11H9FN2O2S. The lowest BCUT2D eigenvalue weighted by Gasteiger charge is -2.02. The van der Waals surface area contributed by atoms with E-state index in [1.54, 1.807) is 25.3 Å². The van der Waals surface area contributed by atoms with E-state index in [4.69, 9.17) is 0 Å². The Morgan fingerprint density at radius 3 is 2.65 bits per heavy atom. The summed E-state index contributed by atoms with van der Waals surface area (Å²) in [5.74, 6) is 0.566. The molecule has 0 radical (unpaired) electrons. The summed E-state index contributed by atoms with van der Waals surface area (Å²) in [6.07, 6.45) is 1.56. The number of hydrogen-bond acceptors (Lipinski definition) is 4. The Bertz CT molecular complexity index is 656. The van der Waals surface area contributed by atoms with Crippen LogP contribution in [0.25, 0.3) is 11.3 Å². The predicted molar refractivity (Wildman–Crippen MR) is 60.5 cm³/mol. The first-order chi connectivity index (χ1) is 7.97. The standard InChI is InChI=1S/C11H9FN2O2S/c1-8-13-6-5-11(14-8)9-3-2-4-10(7-9)17(12,15)16/h2-7H,1H3. The van der Waals surface area contributed by atoms with Crippen molar-refractivity contribution < 1.29 is 12.3 Å². The molecule has 0 saturated heterocycles. The molecule has 6 heteroatoms. The third-order valence-corrected chi connectivity index (χ3v) is 3.00. The first-order valence-corrected chi connectivity index (χ1v) is 6.20. The molecule has 1 aromatic heterocycles. The number of aromatic nitrogens is 2. The monoisotopic (exact) mass is 252 g/mol. The number of hydrogen-bond donors (Lipinski definition) is 0. The quantitative estimate of drug-likeness (QED) is 0.768. The Kier molecular flexibility index (Phi) is 2.89. The molecule has 1 aromatic carbocycles. The van der Waals surface area contributed by atoms with Gasteiger partial charge in [0.2, 0.25) is 0 Å². The molecule has 0 aliphatic carbocycles. The SMILES string of the molecule is Cc1nccc(-c2cccc(S(=O)(=O)F)c2)n1. The fraction of sp³-hybridized carbons (Fsp3) is 0.0909. The van der Waals surface area contributed by atoms with Gasteiger partial charge in [0.15, 0.2) is 0 Å². The molecule has 0 spiro atoms. The Labute approximate surface area is 98.4 Å². The minimum Gasteiger partial charge on any atom is -0.242 e. The van der Waals surface area contributed by atoms with Crippen LogP contribution in [0.1, 0.15) is 5.82 Å². The van der Waals surface area contributed by atoms with E-state index < -0.39 is 10.2 Å². The summed E-state index contributed by atoms with van der Waals surface area (Å²) in [5, 5.41) is 0. The Hall–Kier alpha value is -1.82. The molecule has 1 heterocycles. The van der Waals surface area contributed by atoms with Crippen molar-refractivity contribution in [3.63, 3.8) is 0 Å². The average Bonchev–Trinajstić information content (AvgIpc) is 2.28. The zero-order valence-corrected chi connectivity index (χ0v) is 9.78. The normalized spacial score (nSPS) is 11.4. The van der Waals surface area contributed by atoms with Gasteiger partial charge >= 0.3 is 10.2 Å². The molecule has 0 aliphatic heterocycles. The fourth-order valence-electron chi connectivity index (χ4n) is 1.42. The predicted octanol–water partition coefficient (Wildman–Crippen LogP) is 2.11. The van der Waals surface area contributed by atoms with Crippen molar-refractivity contribution in [2.45, 2.75) is 11.8 Å². The van der Waals surface area contributed by atoms with E-state index in [0.29, 0.717) is 17.1 Å². The van der Waals surface area contributed by atoms with Crippen LogP contribution in [0, 0.1) is 6.92 Å². The zero-order chi connectivity index (χ0) is 12.5. The van der Waals surface area contributed by atoms with Gasteiger partial charge in [0, 0.05) is 11.8 Å². The minimum absolute atomic E-state index is 0.369. The molecule has 0 aliphatic rings. The molecule has 2 rings (SSSR count). The molecule has 4 nitrogen and oxygen atoms in total. The van der Waals surface area contributed by atoms with Crippen molar-refractivity contribution in [3.05, 3.63) is 42.4 Å². The van der Waals surface area contributed by atoms with Crippen LogP contribution >= 0.6 is 0 Å². The smallest absolute Gasteiger partial charge is 0.242 e. The molecule has 0 amide bonds. The summed E-state index contributed by atoms with van der Waals surface area (Å²) in [6, 6.07) is 7.22. The first-order valence-electron chi connectivity index (χ1n) is 4.81. The van der Waals surface area contributed by atoms with Crippen LogP contribution in [0.2, 0.25) is 0 Å². The van der Waals surface area contributed by atoms with Crippen LogP contribution in [-0.4, -0.2) is 18.4 Å². The summed E-state index contributed by atoms with van der Waals surface area (Å²) in [4.78, 5) is 7.70. The number of aryl methyl sites for hydroxylation is 1. The van der Waals surface area contributed by atoms with Crippen molar-refractivity contribution >= 4 is 10.2 Å². The maximum Gasteiger partial charge on any atom is 0.332 e. The van der Waals surface area contributed by atoms with E-state index >= 15 is 0 Å². The van der Waals surface area contributed by atoms with E-state index in [2.05, 4.69) is 9.97 Å². The second-order valence-electron chi connectivity index (χ2n) is 3.45. The summed E-state index contributed by atoms with van der Waals surface area (Å²) in [5.41, 5.74) is 1.09. The summed E-state index contributed by atoms with van der Waals surface area (Å²) < 4.78 is 34.4. The van der Waals surface area contributed by atoms with E-state index in [-0.39, 0.29) is 4.90 Å². The van der Waals surface area contributed by atoms with Gasteiger partial charge in [-0.25, -0.2) is 9.97 Å². The van der Waals surface area contributed by atoms with Gasteiger partial charge < -0.3 is 0 Å². The number of halogens is 1. The van der Waals surface area contributed by atoms with Crippen LogP contribution in [0.4, 0.5) is 3.89 Å². The van der Waals surface area contributed by atoms with Gasteiger partial charge in [-0.2, -0.15) is 8.42 Å². The van der Waals surface area contributed by atoms with Gasteiger partial charge in [-0.3, -0.25) is 0 Å². The molecule has 0 N–H and O–H groups in total. The third-order valence-electron chi connectivity index (χ3n) is 2.19. The summed E-state index contributed by atoms with van der Waals surface area (Å²) >= 11 is 0. The van der Waals surface area contributed by atoms with Crippen molar-refractivity contribution in [3.8, 4) is 11.3 Å². The Balaban J connectivity index is 2.54. The van der Waals surface area contributed by atoms with E-state index in [1.165, 1.54) is 18.2 Å². The summed E-state index contributed by atoms with van der Waals surface area (Å²) in [7, 11) is -4.69. The highest BCUT2D eigenvalue weighted by molar-refractivity contribution is 7.86. The molecule has 0 atom stereocenters. The van der Waals surface area contributed by atoms with E-state index in [1.807, 2.05) is 0 Å². The molecule has 0 fully saturated rings. The lowest BCUT2D eigenvalue weighted by molar-refractivity contribution is 0.552. The minimum atomic E-state index is -4.69. The van der Waals surface area contributed by atoms with E-state index in [0.717, 1.165) is 0 Å². The van der Waals surface area contributed by atoms with Gasteiger partial charge in [-0.15, -0.1) is 3.89 Å². The van der Waals surface area contributed by atoms with Gasteiger partial charge in [-0.1, -0.05) is 12.1 Å². The molecule has 17 heavy (non-hydrogen) atoms. The molecule has 0 bridgehead atoms. The van der Waals surface area contributed by atoms with Crippen LogP contribution in [-0.2, 0) is 10.2 Å². The second-order valence-corrected chi connectivity index (χ2v) is 4.80. The van der Waals surface area contributed by atoms with Crippen molar-refractivity contribution in [1.82, 2.24) is 9.97 Å². The average molecular weight is 252 g/mol. The van der Waals surface area contributed by atoms with Crippen molar-refractivity contribution in [1.29, 1.82) is 0 Å². The van der Waals surface area contributed by atoms with Crippen LogP contribution in [0.15, 0.2) is 41.4 Å². The van der Waals surface area contributed by atoms with Crippen molar-refractivity contribution in [2.24, 2.45) is 0 Å². The highest BCUT2D eigenvalue weighted by atomic mass is 32.3. The van der Waals surface area contributed by atoms with Gasteiger partial charge in [0.1, 0.15) is 5.82 Å². The molecule has 0 saturated carbocycles. The van der Waals surface area contributed by atoms with Gasteiger partial charge in [-0.05, 0) is 25.1 Å². The molecule has 2 aromatic rings. The lowest BCUT2D eigenvalue weighted by atomic mass is 10.1. The largest absolute Gasteiger partial charge is 0.332 e. The Morgan fingerprint density at radius 2 is 2.00 bits per heavy atom. The van der Waals surface area contributed by atoms with Crippen molar-refractivity contribution in [2.75, 3.05) is 0 Å². The maximum absolute atomic E-state index is 12.8. The number of rotatable bonds is 2. The van der Waals surface area contributed by atoms with Crippen LogP contribution in [0.5, 0.6) is 0 Å². The van der Waals surface area contributed by atoms with Gasteiger partial charge in [0.05, 0.1) is 10.6 Å². The number of benzene rings is 1. The highest BCUT2D eigenvalue weighted by Gasteiger charge is 2.12. The fourth-order valence-corrected chi connectivity index (χ4v) is 1.93. The third kappa shape index (κ3) is 2.65. The molecule has 88 valence electrons. The van der Waals surface area contributed by atoms with Gasteiger partial charge in [0.25, 0.3) is 0 Å². The molecule has 0 unspecified atom stereocenters. The van der Waals surface area contributed by atoms with Crippen LogP contribution < -0.4 is 0 Å². The van der Waals surface area contributed by atoms with Crippen LogP contribution in [0.3, 0.4) is 0 Å². The lowest BCUT2D eigenvalue weighted by Crippen LogP contribution is -1.94. The Morgan fingerprint density at radius 1 is 1.24 bits per heavy atom. The number of nitrogens with zero attached hydrogens (tertiary/aromatic N) is 2. The molecular weight excluding hydrogens is 243 g/mol. The topological polar surface area (TPSA) is 59.9 Å². The van der Waals surface area contributed by atoms with E-state index in [9.17, 15) is 12.3 Å².